The summed E-state index contributed by atoms with van der Waals surface area (Å²) >= 11 is 0. The van der Waals surface area contributed by atoms with Crippen LogP contribution in [-0.2, 0) is 12.0 Å². The van der Waals surface area contributed by atoms with E-state index in [1.54, 1.807) is 24.3 Å². The molecule has 0 bridgehead atoms. The maximum atomic E-state index is 12.4. The average molecular weight is 393 g/mol. The van der Waals surface area contributed by atoms with Crippen molar-refractivity contribution in [2.24, 2.45) is 0 Å². The lowest BCUT2D eigenvalue weighted by Crippen LogP contribution is -2.11. The molecule has 152 valence electrons. The minimum Gasteiger partial charge on any atom is -0.494 e. The van der Waals surface area contributed by atoms with Crippen molar-refractivity contribution in [2.75, 3.05) is 11.9 Å². The smallest absolute Gasteiger partial charge is 0.291 e. The molecule has 0 saturated heterocycles. The molecule has 1 N–H and O–H groups in total. The van der Waals surface area contributed by atoms with Crippen LogP contribution in [0.4, 0.5) is 5.69 Å². The number of carbonyl (C=O) groups is 1. The van der Waals surface area contributed by atoms with Gasteiger partial charge in [-0.25, -0.2) is 0 Å². The van der Waals surface area contributed by atoms with Crippen molar-refractivity contribution in [2.45, 2.75) is 39.7 Å². The number of carbonyl (C=O) groups excluding carboxylic acids is 1. The van der Waals surface area contributed by atoms with Crippen LogP contribution in [0.25, 0.3) is 0 Å². The zero-order valence-corrected chi connectivity index (χ0v) is 17.3. The molecule has 0 saturated carbocycles. The van der Waals surface area contributed by atoms with Crippen LogP contribution in [0.3, 0.4) is 0 Å². The van der Waals surface area contributed by atoms with Crippen molar-refractivity contribution < 1.29 is 18.7 Å². The van der Waals surface area contributed by atoms with E-state index in [1.165, 1.54) is 5.56 Å². The number of rotatable bonds is 7. The highest BCUT2D eigenvalue weighted by atomic mass is 16.5. The fourth-order valence-electron chi connectivity index (χ4n) is 2.78. The summed E-state index contributed by atoms with van der Waals surface area (Å²) in [6.07, 6.45) is 0. The van der Waals surface area contributed by atoms with Gasteiger partial charge in [-0.1, -0.05) is 32.9 Å². The number of hydrogen-bond donors (Lipinski definition) is 1. The molecule has 0 fully saturated rings. The van der Waals surface area contributed by atoms with E-state index < -0.39 is 0 Å². The molecule has 1 aromatic heterocycles. The number of hydrogen-bond acceptors (Lipinski definition) is 4. The molecule has 0 aliphatic rings. The third-order valence-corrected chi connectivity index (χ3v) is 4.41. The zero-order chi connectivity index (χ0) is 20.9. The number of benzene rings is 2. The topological polar surface area (TPSA) is 60.7 Å². The molecule has 1 heterocycles. The zero-order valence-electron chi connectivity index (χ0n) is 17.3. The van der Waals surface area contributed by atoms with Gasteiger partial charge in [-0.15, -0.1) is 0 Å². The number of anilines is 1. The van der Waals surface area contributed by atoms with Gasteiger partial charge < -0.3 is 19.2 Å². The highest BCUT2D eigenvalue weighted by Crippen LogP contribution is 2.25. The first-order chi connectivity index (χ1) is 13.8. The molecule has 29 heavy (non-hydrogen) atoms. The van der Waals surface area contributed by atoms with Crippen molar-refractivity contribution in [1.82, 2.24) is 0 Å². The van der Waals surface area contributed by atoms with Crippen LogP contribution in [0.5, 0.6) is 11.5 Å². The Kier molecular flexibility index (Phi) is 6.27. The largest absolute Gasteiger partial charge is 0.494 e. The molecule has 3 rings (SSSR count). The predicted molar refractivity (Wildman–Crippen MR) is 114 cm³/mol. The van der Waals surface area contributed by atoms with Gasteiger partial charge in [0.05, 0.1) is 6.61 Å². The summed E-state index contributed by atoms with van der Waals surface area (Å²) in [6, 6.07) is 18.6. The lowest BCUT2D eigenvalue weighted by molar-refractivity contribution is 0.0992. The van der Waals surface area contributed by atoms with Crippen molar-refractivity contribution in [3.63, 3.8) is 0 Å². The lowest BCUT2D eigenvalue weighted by Gasteiger charge is -2.19. The maximum absolute atomic E-state index is 12.4. The van der Waals surface area contributed by atoms with Crippen LogP contribution in [0.1, 0.15) is 49.6 Å². The first-order valence-corrected chi connectivity index (χ1v) is 9.71. The van der Waals surface area contributed by atoms with Crippen molar-refractivity contribution in [3.05, 3.63) is 77.7 Å². The van der Waals surface area contributed by atoms with Gasteiger partial charge in [-0.05, 0) is 66.4 Å². The van der Waals surface area contributed by atoms with Gasteiger partial charge in [0, 0.05) is 5.69 Å². The van der Waals surface area contributed by atoms with Crippen molar-refractivity contribution >= 4 is 11.6 Å². The van der Waals surface area contributed by atoms with E-state index in [0.717, 1.165) is 11.5 Å². The molecule has 5 heteroatoms. The third-order valence-electron chi connectivity index (χ3n) is 4.41. The molecule has 0 spiro atoms. The van der Waals surface area contributed by atoms with Crippen LogP contribution in [0, 0.1) is 0 Å². The van der Waals surface area contributed by atoms with Gasteiger partial charge >= 0.3 is 0 Å². The van der Waals surface area contributed by atoms with Gasteiger partial charge in [-0.3, -0.25) is 4.79 Å². The molecule has 0 atom stereocenters. The standard InChI is InChI=1S/C24H27NO4/c1-5-27-19-12-8-18(9-13-19)25-23(26)22-15-14-21(29-22)16-28-20-10-6-17(7-11-20)24(2,3)4/h6-15H,5,16H2,1-4H3,(H,25,26). The SMILES string of the molecule is CCOc1ccc(NC(=O)c2ccc(COc3ccc(C(C)(C)C)cc3)o2)cc1. The second-order valence-electron chi connectivity index (χ2n) is 7.74. The summed E-state index contributed by atoms with van der Waals surface area (Å²) < 4.78 is 16.8. The fourth-order valence-corrected chi connectivity index (χ4v) is 2.78. The Morgan fingerprint density at radius 2 is 1.52 bits per heavy atom. The van der Waals surface area contributed by atoms with E-state index in [-0.39, 0.29) is 23.7 Å². The van der Waals surface area contributed by atoms with Crippen LogP contribution in [-0.4, -0.2) is 12.5 Å². The molecule has 0 unspecified atom stereocenters. The highest BCUT2D eigenvalue weighted by Gasteiger charge is 2.14. The van der Waals surface area contributed by atoms with E-state index in [9.17, 15) is 4.79 Å². The van der Waals surface area contributed by atoms with Crippen LogP contribution in [0.15, 0.2) is 65.1 Å². The van der Waals surface area contributed by atoms with Crippen LogP contribution < -0.4 is 14.8 Å². The lowest BCUT2D eigenvalue weighted by atomic mass is 9.87. The second-order valence-corrected chi connectivity index (χ2v) is 7.74. The summed E-state index contributed by atoms with van der Waals surface area (Å²) in [5.41, 5.74) is 2.02. The maximum Gasteiger partial charge on any atom is 0.291 e. The normalized spacial score (nSPS) is 11.2. The van der Waals surface area contributed by atoms with Gasteiger partial charge in [0.1, 0.15) is 23.9 Å². The van der Waals surface area contributed by atoms with Gasteiger partial charge in [0.2, 0.25) is 0 Å². The highest BCUT2D eigenvalue weighted by molar-refractivity contribution is 6.02. The van der Waals surface area contributed by atoms with E-state index >= 15 is 0 Å². The molecule has 5 nitrogen and oxygen atoms in total. The molecule has 0 aliphatic heterocycles. The first kappa shape index (κ1) is 20.5. The number of furan rings is 1. The number of ether oxygens (including phenoxy) is 2. The Hall–Kier alpha value is -3.21. The summed E-state index contributed by atoms with van der Waals surface area (Å²) in [4.78, 5) is 12.4. The van der Waals surface area contributed by atoms with Crippen LogP contribution in [0.2, 0.25) is 0 Å². The van der Waals surface area contributed by atoms with E-state index in [0.29, 0.717) is 18.1 Å². The minimum atomic E-state index is -0.310. The quantitative estimate of drug-likeness (QED) is 0.550. The van der Waals surface area contributed by atoms with Gasteiger partial charge in [0.15, 0.2) is 5.76 Å². The monoisotopic (exact) mass is 393 g/mol. The Morgan fingerprint density at radius 1 is 0.897 bits per heavy atom. The summed E-state index contributed by atoms with van der Waals surface area (Å²) in [7, 11) is 0. The van der Waals surface area contributed by atoms with Gasteiger partial charge in [0.25, 0.3) is 5.91 Å². The molecular formula is C24H27NO4. The minimum absolute atomic E-state index is 0.102. The third kappa shape index (κ3) is 5.64. The second kappa shape index (κ2) is 8.86. The molecule has 3 aromatic rings. The van der Waals surface area contributed by atoms with Gasteiger partial charge in [-0.2, -0.15) is 0 Å². The summed E-state index contributed by atoms with van der Waals surface area (Å²) in [6.45, 7) is 9.30. The molecule has 2 aromatic carbocycles. The van der Waals surface area contributed by atoms with Crippen molar-refractivity contribution in [1.29, 1.82) is 0 Å². The Balaban J connectivity index is 1.55. The Labute approximate surface area is 171 Å². The Morgan fingerprint density at radius 3 is 2.14 bits per heavy atom. The predicted octanol–water partition coefficient (Wildman–Crippen LogP) is 5.81. The van der Waals surface area contributed by atoms with E-state index in [2.05, 4.69) is 38.2 Å². The van der Waals surface area contributed by atoms with Crippen molar-refractivity contribution in [3.8, 4) is 11.5 Å². The molecular weight excluding hydrogens is 366 g/mol. The van der Waals surface area contributed by atoms with E-state index in [4.69, 9.17) is 13.9 Å². The summed E-state index contributed by atoms with van der Waals surface area (Å²) in [5.74, 6) is 2.03. The van der Waals surface area contributed by atoms with Crippen LogP contribution >= 0.6 is 0 Å². The molecule has 1 amide bonds. The number of amides is 1. The average Bonchev–Trinajstić information content (AvgIpc) is 3.17. The summed E-state index contributed by atoms with van der Waals surface area (Å²) in [5, 5.41) is 2.81. The fraction of sp³-hybridized carbons (Fsp3) is 0.292. The first-order valence-electron chi connectivity index (χ1n) is 9.71. The van der Waals surface area contributed by atoms with E-state index in [1.807, 2.05) is 31.2 Å². The number of nitrogens with one attached hydrogen (secondary N) is 1. The Bertz CT molecular complexity index is 934. The molecule has 0 aliphatic carbocycles. The molecule has 0 radical (unpaired) electrons.